The van der Waals surface area contributed by atoms with E-state index in [1.807, 2.05) is 13.8 Å². The molecular weight excluding hydrogens is 210 g/mol. The number of anilines is 1. The predicted molar refractivity (Wildman–Crippen MR) is 72.7 cm³/mol. The number of aryl methyl sites for hydroxylation is 1. The smallest absolute Gasteiger partial charge is 0.0594 e. The van der Waals surface area contributed by atoms with E-state index in [0.717, 1.165) is 19.4 Å². The normalized spacial score (nSPS) is 15.9. The van der Waals surface area contributed by atoms with E-state index < -0.39 is 5.60 Å². The molecule has 1 aliphatic heterocycles. The van der Waals surface area contributed by atoms with Gasteiger partial charge in [0.2, 0.25) is 0 Å². The maximum atomic E-state index is 9.82. The molecule has 1 N–H and O–H groups in total. The number of hydrogen-bond acceptors (Lipinski definition) is 2. The Morgan fingerprint density at radius 3 is 2.82 bits per heavy atom. The first-order valence-electron chi connectivity index (χ1n) is 6.52. The van der Waals surface area contributed by atoms with E-state index in [2.05, 4.69) is 30.1 Å². The molecule has 0 aromatic heterocycles. The summed E-state index contributed by atoms with van der Waals surface area (Å²) in [6, 6.07) is 6.56. The average molecular weight is 233 g/mol. The Morgan fingerprint density at radius 1 is 1.35 bits per heavy atom. The van der Waals surface area contributed by atoms with Crippen molar-refractivity contribution in [3.8, 4) is 0 Å². The van der Waals surface area contributed by atoms with E-state index in [0.29, 0.717) is 0 Å². The Bertz CT molecular complexity index is 392. The van der Waals surface area contributed by atoms with Crippen molar-refractivity contribution in [3.63, 3.8) is 0 Å². The van der Waals surface area contributed by atoms with Crippen LogP contribution in [0, 0.1) is 0 Å². The lowest BCUT2D eigenvalue weighted by Crippen LogP contribution is -2.26. The number of fused-ring (bicyclic) bond motifs is 1. The zero-order valence-corrected chi connectivity index (χ0v) is 11.2. The first kappa shape index (κ1) is 12.4. The summed E-state index contributed by atoms with van der Waals surface area (Å²) in [6.07, 6.45) is 4.22. The van der Waals surface area contributed by atoms with Crippen molar-refractivity contribution >= 4 is 5.69 Å². The van der Waals surface area contributed by atoms with Crippen LogP contribution in [-0.2, 0) is 12.8 Å². The van der Waals surface area contributed by atoms with Crippen LogP contribution in [0.4, 0.5) is 5.69 Å². The number of nitrogens with zero attached hydrogens (tertiary/aromatic N) is 1. The van der Waals surface area contributed by atoms with Crippen molar-refractivity contribution in [2.45, 2.75) is 45.1 Å². The van der Waals surface area contributed by atoms with Gasteiger partial charge in [0, 0.05) is 19.3 Å². The van der Waals surface area contributed by atoms with E-state index in [9.17, 15) is 5.11 Å². The van der Waals surface area contributed by atoms with Crippen LogP contribution < -0.4 is 4.90 Å². The highest BCUT2D eigenvalue weighted by molar-refractivity contribution is 5.58. The van der Waals surface area contributed by atoms with Crippen LogP contribution in [0.25, 0.3) is 0 Å². The SMILES string of the molecule is CN1CCCc2c(CCC(C)(C)O)cccc21. The molecule has 2 rings (SSSR count). The molecule has 0 amide bonds. The van der Waals surface area contributed by atoms with Crippen molar-refractivity contribution in [3.05, 3.63) is 29.3 Å². The van der Waals surface area contributed by atoms with E-state index in [-0.39, 0.29) is 0 Å². The third-order valence-electron chi connectivity index (χ3n) is 3.59. The van der Waals surface area contributed by atoms with Gasteiger partial charge in [-0.25, -0.2) is 0 Å². The van der Waals surface area contributed by atoms with Crippen molar-refractivity contribution < 1.29 is 5.11 Å². The standard InChI is InChI=1S/C15H23NO/c1-15(2,17)10-9-12-6-4-8-14-13(12)7-5-11-16(14)3/h4,6,8,17H,5,7,9-11H2,1-3H3. The molecule has 2 nitrogen and oxygen atoms in total. The Balaban J connectivity index is 2.21. The molecule has 0 unspecified atom stereocenters. The molecule has 0 saturated carbocycles. The monoisotopic (exact) mass is 233 g/mol. The van der Waals surface area contributed by atoms with E-state index >= 15 is 0 Å². The van der Waals surface area contributed by atoms with E-state index in [1.165, 1.54) is 29.7 Å². The summed E-state index contributed by atoms with van der Waals surface area (Å²) in [5.41, 5.74) is 3.72. The minimum atomic E-state index is -0.566. The molecule has 1 heterocycles. The summed E-state index contributed by atoms with van der Waals surface area (Å²) < 4.78 is 0. The Morgan fingerprint density at radius 2 is 2.12 bits per heavy atom. The second kappa shape index (κ2) is 4.69. The molecule has 0 spiro atoms. The van der Waals surface area contributed by atoms with Crippen LogP contribution >= 0.6 is 0 Å². The molecule has 2 heteroatoms. The molecule has 0 aliphatic carbocycles. The van der Waals surface area contributed by atoms with Crippen LogP contribution in [0.5, 0.6) is 0 Å². The fraction of sp³-hybridized carbons (Fsp3) is 0.600. The second-order valence-electron chi connectivity index (χ2n) is 5.75. The van der Waals surface area contributed by atoms with Gasteiger partial charge in [-0.15, -0.1) is 0 Å². The quantitative estimate of drug-likeness (QED) is 0.867. The first-order valence-corrected chi connectivity index (χ1v) is 6.52. The highest BCUT2D eigenvalue weighted by Crippen LogP contribution is 2.30. The van der Waals surface area contributed by atoms with Crippen LogP contribution in [0.3, 0.4) is 0 Å². The Labute approximate surface area is 104 Å². The molecule has 0 fully saturated rings. The lowest BCUT2D eigenvalue weighted by molar-refractivity contribution is 0.0713. The lowest BCUT2D eigenvalue weighted by Gasteiger charge is -2.29. The summed E-state index contributed by atoms with van der Waals surface area (Å²) in [6.45, 7) is 4.92. The van der Waals surface area contributed by atoms with Gasteiger partial charge in [0.15, 0.2) is 0 Å². The summed E-state index contributed by atoms with van der Waals surface area (Å²) in [7, 11) is 2.16. The highest BCUT2D eigenvalue weighted by atomic mass is 16.3. The third-order valence-corrected chi connectivity index (χ3v) is 3.59. The van der Waals surface area contributed by atoms with Crippen LogP contribution in [0.1, 0.15) is 37.8 Å². The van der Waals surface area contributed by atoms with Crippen LogP contribution in [-0.4, -0.2) is 24.3 Å². The summed E-state index contributed by atoms with van der Waals surface area (Å²) in [5.74, 6) is 0. The van der Waals surface area contributed by atoms with Crippen molar-refractivity contribution in [2.24, 2.45) is 0 Å². The topological polar surface area (TPSA) is 23.5 Å². The van der Waals surface area contributed by atoms with Gasteiger partial charge in [-0.05, 0) is 56.7 Å². The number of rotatable bonds is 3. The molecule has 17 heavy (non-hydrogen) atoms. The molecule has 0 bridgehead atoms. The number of hydrogen-bond donors (Lipinski definition) is 1. The van der Waals surface area contributed by atoms with Crippen molar-refractivity contribution in [2.75, 3.05) is 18.5 Å². The minimum absolute atomic E-state index is 0.566. The zero-order chi connectivity index (χ0) is 12.5. The molecule has 94 valence electrons. The molecule has 1 aromatic rings. The third kappa shape index (κ3) is 3.01. The fourth-order valence-electron chi connectivity index (χ4n) is 2.56. The maximum Gasteiger partial charge on any atom is 0.0594 e. The highest BCUT2D eigenvalue weighted by Gasteiger charge is 2.18. The van der Waals surface area contributed by atoms with Crippen LogP contribution in [0.15, 0.2) is 18.2 Å². The fourth-order valence-corrected chi connectivity index (χ4v) is 2.56. The number of benzene rings is 1. The maximum absolute atomic E-state index is 9.82. The lowest BCUT2D eigenvalue weighted by atomic mass is 9.91. The van der Waals surface area contributed by atoms with E-state index in [1.54, 1.807) is 0 Å². The number of aliphatic hydroxyl groups is 1. The average Bonchev–Trinajstić information content (AvgIpc) is 2.26. The molecule has 0 radical (unpaired) electrons. The van der Waals surface area contributed by atoms with Gasteiger partial charge in [-0.1, -0.05) is 12.1 Å². The molecular formula is C15H23NO. The summed E-state index contributed by atoms with van der Waals surface area (Å²) in [4.78, 5) is 2.34. The second-order valence-corrected chi connectivity index (χ2v) is 5.75. The molecule has 0 atom stereocenters. The van der Waals surface area contributed by atoms with Gasteiger partial charge in [-0.2, -0.15) is 0 Å². The summed E-state index contributed by atoms with van der Waals surface area (Å²) >= 11 is 0. The van der Waals surface area contributed by atoms with Gasteiger partial charge in [0.05, 0.1) is 5.60 Å². The molecule has 0 saturated heterocycles. The van der Waals surface area contributed by atoms with Gasteiger partial charge in [0.25, 0.3) is 0 Å². The Hall–Kier alpha value is -1.02. The zero-order valence-electron chi connectivity index (χ0n) is 11.2. The minimum Gasteiger partial charge on any atom is -0.390 e. The van der Waals surface area contributed by atoms with Crippen molar-refractivity contribution in [1.29, 1.82) is 0 Å². The van der Waals surface area contributed by atoms with Gasteiger partial charge in [-0.3, -0.25) is 0 Å². The van der Waals surface area contributed by atoms with Gasteiger partial charge in [0.1, 0.15) is 0 Å². The summed E-state index contributed by atoms with van der Waals surface area (Å²) in [5, 5.41) is 9.82. The molecule has 1 aromatic carbocycles. The predicted octanol–water partition coefficient (Wildman–Crippen LogP) is 2.77. The largest absolute Gasteiger partial charge is 0.390 e. The van der Waals surface area contributed by atoms with Gasteiger partial charge >= 0.3 is 0 Å². The van der Waals surface area contributed by atoms with E-state index in [4.69, 9.17) is 0 Å². The first-order chi connectivity index (χ1) is 7.97. The molecule has 1 aliphatic rings. The Kier molecular flexibility index (Phi) is 3.43. The van der Waals surface area contributed by atoms with Crippen LogP contribution in [0.2, 0.25) is 0 Å². The van der Waals surface area contributed by atoms with Gasteiger partial charge < -0.3 is 10.0 Å². The van der Waals surface area contributed by atoms with Crippen molar-refractivity contribution in [1.82, 2.24) is 0 Å².